The SMILES string of the molecule is CC(=O)NC(CC(=O)NCC(C)CN)c1ccccc1.Cl. The fourth-order valence-corrected chi connectivity index (χ4v) is 1.81. The molecule has 0 aliphatic rings. The first-order chi connectivity index (χ1) is 9.52. The molecule has 0 aromatic heterocycles. The summed E-state index contributed by atoms with van der Waals surface area (Å²) >= 11 is 0. The van der Waals surface area contributed by atoms with E-state index >= 15 is 0 Å². The number of carbonyl (C=O) groups excluding carboxylic acids is 2. The van der Waals surface area contributed by atoms with Gasteiger partial charge in [-0.15, -0.1) is 12.4 Å². The van der Waals surface area contributed by atoms with Gasteiger partial charge in [0.05, 0.1) is 12.5 Å². The number of hydrogen-bond acceptors (Lipinski definition) is 3. The highest BCUT2D eigenvalue weighted by Crippen LogP contribution is 2.16. The minimum atomic E-state index is -0.304. The van der Waals surface area contributed by atoms with Crippen molar-refractivity contribution < 1.29 is 9.59 Å². The number of amides is 2. The number of halogens is 1. The molecule has 0 spiro atoms. The lowest BCUT2D eigenvalue weighted by atomic mass is 10.0. The molecule has 0 aliphatic heterocycles. The molecule has 0 saturated carbocycles. The predicted octanol–water partition coefficient (Wildman–Crippen LogP) is 1.39. The molecule has 21 heavy (non-hydrogen) atoms. The van der Waals surface area contributed by atoms with E-state index in [0.29, 0.717) is 13.1 Å². The van der Waals surface area contributed by atoms with Gasteiger partial charge in [0.1, 0.15) is 0 Å². The van der Waals surface area contributed by atoms with E-state index in [1.165, 1.54) is 6.92 Å². The van der Waals surface area contributed by atoms with E-state index < -0.39 is 0 Å². The van der Waals surface area contributed by atoms with E-state index in [1.807, 2.05) is 37.3 Å². The number of carbonyl (C=O) groups is 2. The summed E-state index contributed by atoms with van der Waals surface area (Å²) in [6, 6.07) is 9.17. The molecule has 0 bridgehead atoms. The maximum Gasteiger partial charge on any atom is 0.222 e. The fraction of sp³-hybridized carbons (Fsp3) is 0.467. The van der Waals surface area contributed by atoms with E-state index in [-0.39, 0.29) is 42.6 Å². The van der Waals surface area contributed by atoms with Crippen LogP contribution in [-0.2, 0) is 9.59 Å². The Hall–Kier alpha value is -1.59. The molecule has 0 radical (unpaired) electrons. The van der Waals surface area contributed by atoms with Crippen molar-refractivity contribution in [3.05, 3.63) is 35.9 Å². The molecule has 2 unspecified atom stereocenters. The molecule has 2 atom stereocenters. The van der Waals surface area contributed by atoms with E-state index in [4.69, 9.17) is 5.73 Å². The average molecular weight is 314 g/mol. The number of hydrogen-bond donors (Lipinski definition) is 3. The normalized spacial score (nSPS) is 12.7. The third-order valence-electron chi connectivity index (χ3n) is 3.02. The average Bonchev–Trinajstić information content (AvgIpc) is 2.44. The van der Waals surface area contributed by atoms with Crippen LogP contribution in [0.5, 0.6) is 0 Å². The lowest BCUT2D eigenvalue weighted by Crippen LogP contribution is -2.35. The highest BCUT2D eigenvalue weighted by Gasteiger charge is 2.16. The molecule has 0 saturated heterocycles. The summed E-state index contributed by atoms with van der Waals surface area (Å²) < 4.78 is 0. The molecule has 4 N–H and O–H groups in total. The Morgan fingerprint density at radius 3 is 2.38 bits per heavy atom. The Labute approximate surface area is 132 Å². The number of benzene rings is 1. The third-order valence-corrected chi connectivity index (χ3v) is 3.02. The van der Waals surface area contributed by atoms with Gasteiger partial charge in [-0.2, -0.15) is 0 Å². The van der Waals surface area contributed by atoms with Crippen LogP contribution in [0.25, 0.3) is 0 Å². The van der Waals surface area contributed by atoms with Crippen LogP contribution in [0.1, 0.15) is 31.9 Å². The lowest BCUT2D eigenvalue weighted by molar-refractivity contribution is -0.122. The Balaban J connectivity index is 0.00000400. The van der Waals surface area contributed by atoms with Crippen molar-refractivity contribution in [3.63, 3.8) is 0 Å². The lowest BCUT2D eigenvalue weighted by Gasteiger charge is -2.18. The van der Waals surface area contributed by atoms with E-state index in [0.717, 1.165) is 5.56 Å². The summed E-state index contributed by atoms with van der Waals surface area (Å²) in [5, 5.41) is 5.64. The zero-order chi connectivity index (χ0) is 15.0. The van der Waals surface area contributed by atoms with Crippen LogP contribution in [-0.4, -0.2) is 24.9 Å². The summed E-state index contributed by atoms with van der Waals surface area (Å²) in [6.07, 6.45) is 0.223. The second-order valence-electron chi connectivity index (χ2n) is 5.01. The van der Waals surface area contributed by atoms with Crippen LogP contribution in [0.4, 0.5) is 0 Å². The minimum absolute atomic E-state index is 0. The second-order valence-corrected chi connectivity index (χ2v) is 5.01. The van der Waals surface area contributed by atoms with Crippen LogP contribution in [0.2, 0.25) is 0 Å². The summed E-state index contributed by atoms with van der Waals surface area (Å²) in [6.45, 7) is 4.51. The first kappa shape index (κ1) is 19.4. The summed E-state index contributed by atoms with van der Waals surface area (Å²) in [7, 11) is 0. The van der Waals surface area contributed by atoms with Gasteiger partial charge in [-0.05, 0) is 18.0 Å². The third kappa shape index (κ3) is 7.68. The van der Waals surface area contributed by atoms with Crippen molar-refractivity contribution in [2.45, 2.75) is 26.3 Å². The van der Waals surface area contributed by atoms with Crippen LogP contribution in [0.3, 0.4) is 0 Å². The van der Waals surface area contributed by atoms with Gasteiger partial charge in [0.15, 0.2) is 0 Å². The molecule has 2 amide bonds. The van der Waals surface area contributed by atoms with Crippen LogP contribution in [0.15, 0.2) is 30.3 Å². The monoisotopic (exact) mass is 313 g/mol. The van der Waals surface area contributed by atoms with Gasteiger partial charge in [-0.3, -0.25) is 9.59 Å². The van der Waals surface area contributed by atoms with Gasteiger partial charge in [0.2, 0.25) is 11.8 Å². The number of rotatable bonds is 7. The van der Waals surface area contributed by atoms with Crippen LogP contribution in [0, 0.1) is 5.92 Å². The Kier molecular flexibility index (Phi) is 9.41. The van der Waals surface area contributed by atoms with Crippen molar-refractivity contribution >= 4 is 24.2 Å². The number of nitrogens with one attached hydrogen (secondary N) is 2. The van der Waals surface area contributed by atoms with E-state index in [2.05, 4.69) is 10.6 Å². The molecule has 0 aliphatic carbocycles. The molecular formula is C15H24ClN3O2. The van der Waals surface area contributed by atoms with Crippen molar-refractivity contribution in [2.75, 3.05) is 13.1 Å². The molecule has 1 aromatic carbocycles. The molecular weight excluding hydrogens is 290 g/mol. The Bertz CT molecular complexity index is 440. The van der Waals surface area contributed by atoms with Gasteiger partial charge < -0.3 is 16.4 Å². The highest BCUT2D eigenvalue weighted by atomic mass is 35.5. The maximum atomic E-state index is 11.9. The van der Waals surface area contributed by atoms with Crippen LogP contribution >= 0.6 is 12.4 Å². The topological polar surface area (TPSA) is 84.2 Å². The zero-order valence-corrected chi connectivity index (χ0v) is 13.3. The molecule has 1 aromatic rings. The quantitative estimate of drug-likeness (QED) is 0.711. The summed E-state index contributed by atoms with van der Waals surface area (Å²) in [5.41, 5.74) is 6.43. The molecule has 0 fully saturated rings. The molecule has 6 heteroatoms. The number of nitrogens with two attached hydrogens (primary N) is 1. The van der Waals surface area contributed by atoms with Gasteiger partial charge in [0.25, 0.3) is 0 Å². The molecule has 0 heterocycles. The zero-order valence-electron chi connectivity index (χ0n) is 12.5. The fourth-order valence-electron chi connectivity index (χ4n) is 1.81. The standard InChI is InChI=1S/C15H23N3O2.ClH/c1-11(9-16)10-17-15(20)8-14(18-12(2)19)13-6-4-3-5-7-13;/h3-7,11,14H,8-10,16H2,1-2H3,(H,17,20)(H,18,19);1H. The van der Waals surface area contributed by atoms with Crippen LogP contribution < -0.4 is 16.4 Å². The van der Waals surface area contributed by atoms with Crippen molar-refractivity contribution in [1.29, 1.82) is 0 Å². The first-order valence-corrected chi connectivity index (χ1v) is 6.81. The van der Waals surface area contributed by atoms with Gasteiger partial charge in [0, 0.05) is 13.5 Å². The van der Waals surface area contributed by atoms with E-state index in [1.54, 1.807) is 0 Å². The van der Waals surface area contributed by atoms with Crippen molar-refractivity contribution in [3.8, 4) is 0 Å². The van der Waals surface area contributed by atoms with Crippen molar-refractivity contribution in [2.24, 2.45) is 11.7 Å². The summed E-state index contributed by atoms with van der Waals surface area (Å²) in [5.74, 6) is 0.00442. The van der Waals surface area contributed by atoms with Gasteiger partial charge in [-0.1, -0.05) is 37.3 Å². The molecule has 5 nitrogen and oxygen atoms in total. The van der Waals surface area contributed by atoms with Crippen molar-refractivity contribution in [1.82, 2.24) is 10.6 Å². The maximum absolute atomic E-state index is 11.9. The first-order valence-electron chi connectivity index (χ1n) is 6.81. The second kappa shape index (κ2) is 10.2. The highest BCUT2D eigenvalue weighted by molar-refractivity contribution is 5.85. The smallest absolute Gasteiger partial charge is 0.222 e. The minimum Gasteiger partial charge on any atom is -0.356 e. The predicted molar refractivity (Wildman–Crippen MR) is 86.1 cm³/mol. The summed E-state index contributed by atoms with van der Waals surface area (Å²) in [4.78, 5) is 23.2. The van der Waals surface area contributed by atoms with Gasteiger partial charge >= 0.3 is 0 Å². The Morgan fingerprint density at radius 2 is 1.86 bits per heavy atom. The Morgan fingerprint density at radius 1 is 1.24 bits per heavy atom. The molecule has 1 rings (SSSR count). The molecule has 118 valence electrons. The van der Waals surface area contributed by atoms with Gasteiger partial charge in [-0.25, -0.2) is 0 Å². The van der Waals surface area contributed by atoms with E-state index in [9.17, 15) is 9.59 Å². The largest absolute Gasteiger partial charge is 0.356 e.